The SMILES string of the molecule is CC(C)CC(=O)O.CC1CCCCC1. The van der Waals surface area contributed by atoms with Crippen LogP contribution in [0.5, 0.6) is 0 Å². The normalized spacial score (nSPS) is 17.4. The van der Waals surface area contributed by atoms with Gasteiger partial charge in [0.15, 0.2) is 0 Å². The smallest absolute Gasteiger partial charge is 0.303 e. The van der Waals surface area contributed by atoms with Crippen LogP contribution in [-0.2, 0) is 4.79 Å². The molecule has 1 saturated carbocycles. The van der Waals surface area contributed by atoms with Crippen molar-refractivity contribution in [3.63, 3.8) is 0 Å². The van der Waals surface area contributed by atoms with E-state index in [4.69, 9.17) is 5.11 Å². The van der Waals surface area contributed by atoms with Gasteiger partial charge in [-0.1, -0.05) is 52.9 Å². The monoisotopic (exact) mass is 200 g/mol. The third kappa shape index (κ3) is 9.56. The molecule has 1 aliphatic rings. The predicted octanol–water partition coefficient (Wildman–Crippen LogP) is 3.70. The van der Waals surface area contributed by atoms with Gasteiger partial charge in [-0.3, -0.25) is 4.79 Å². The van der Waals surface area contributed by atoms with Crippen LogP contribution in [0, 0.1) is 11.8 Å². The number of aliphatic carboxylic acids is 1. The van der Waals surface area contributed by atoms with Gasteiger partial charge >= 0.3 is 5.97 Å². The van der Waals surface area contributed by atoms with Crippen LogP contribution < -0.4 is 0 Å². The van der Waals surface area contributed by atoms with Crippen molar-refractivity contribution in [3.05, 3.63) is 0 Å². The maximum absolute atomic E-state index is 9.81. The molecule has 1 fully saturated rings. The van der Waals surface area contributed by atoms with E-state index in [1.165, 1.54) is 32.1 Å². The summed E-state index contributed by atoms with van der Waals surface area (Å²) in [7, 11) is 0. The molecule has 0 aromatic carbocycles. The highest BCUT2D eigenvalue weighted by Crippen LogP contribution is 2.22. The van der Waals surface area contributed by atoms with Crippen molar-refractivity contribution in [1.82, 2.24) is 0 Å². The number of carboxylic acid groups (broad SMARTS) is 1. The first kappa shape index (κ1) is 13.5. The fourth-order valence-corrected chi connectivity index (χ4v) is 1.66. The Morgan fingerprint density at radius 2 is 1.79 bits per heavy atom. The second-order valence-electron chi connectivity index (χ2n) is 4.73. The molecule has 0 radical (unpaired) electrons. The number of carbonyl (C=O) groups is 1. The third-order valence-corrected chi connectivity index (χ3v) is 2.48. The first-order chi connectivity index (χ1) is 6.52. The van der Waals surface area contributed by atoms with Crippen LogP contribution in [0.25, 0.3) is 0 Å². The summed E-state index contributed by atoms with van der Waals surface area (Å²) in [6, 6.07) is 0. The van der Waals surface area contributed by atoms with E-state index in [-0.39, 0.29) is 12.3 Å². The molecule has 0 spiro atoms. The van der Waals surface area contributed by atoms with Gasteiger partial charge in [0, 0.05) is 6.42 Å². The molecular formula is C12H24O2. The number of hydrogen-bond acceptors (Lipinski definition) is 1. The van der Waals surface area contributed by atoms with E-state index in [9.17, 15) is 4.79 Å². The lowest BCUT2D eigenvalue weighted by molar-refractivity contribution is -0.137. The van der Waals surface area contributed by atoms with Crippen LogP contribution in [-0.4, -0.2) is 11.1 Å². The average Bonchev–Trinajstić information content (AvgIpc) is 2.03. The van der Waals surface area contributed by atoms with Crippen molar-refractivity contribution in [2.45, 2.75) is 59.3 Å². The lowest BCUT2D eigenvalue weighted by atomic mass is 9.91. The lowest BCUT2D eigenvalue weighted by Crippen LogP contribution is -1.99. The van der Waals surface area contributed by atoms with E-state index in [1.807, 2.05) is 13.8 Å². The Balaban J connectivity index is 0.000000241. The van der Waals surface area contributed by atoms with Crippen LogP contribution in [0.1, 0.15) is 59.3 Å². The van der Waals surface area contributed by atoms with Crippen molar-refractivity contribution in [2.24, 2.45) is 11.8 Å². The van der Waals surface area contributed by atoms with Crippen molar-refractivity contribution < 1.29 is 9.90 Å². The Labute approximate surface area is 87.7 Å². The minimum absolute atomic E-state index is 0.275. The average molecular weight is 200 g/mol. The van der Waals surface area contributed by atoms with E-state index >= 15 is 0 Å². The van der Waals surface area contributed by atoms with E-state index in [2.05, 4.69) is 6.92 Å². The van der Waals surface area contributed by atoms with Crippen molar-refractivity contribution in [2.75, 3.05) is 0 Å². The molecule has 14 heavy (non-hydrogen) atoms. The van der Waals surface area contributed by atoms with E-state index < -0.39 is 5.97 Å². The minimum atomic E-state index is -0.713. The maximum Gasteiger partial charge on any atom is 0.303 e. The molecule has 1 rings (SSSR count). The molecule has 1 aliphatic carbocycles. The van der Waals surface area contributed by atoms with Gasteiger partial charge in [-0.25, -0.2) is 0 Å². The zero-order chi connectivity index (χ0) is 11.0. The summed E-state index contributed by atoms with van der Waals surface area (Å²) in [6.45, 7) is 6.13. The summed E-state index contributed by atoms with van der Waals surface area (Å²) in [5, 5.41) is 8.08. The molecule has 0 aliphatic heterocycles. The predicted molar refractivity (Wildman–Crippen MR) is 59.3 cm³/mol. The van der Waals surface area contributed by atoms with E-state index in [1.54, 1.807) is 0 Å². The molecule has 0 bridgehead atoms. The van der Waals surface area contributed by atoms with Crippen LogP contribution >= 0.6 is 0 Å². The van der Waals surface area contributed by atoms with Gasteiger partial charge < -0.3 is 5.11 Å². The minimum Gasteiger partial charge on any atom is -0.481 e. The Morgan fingerprint density at radius 3 is 1.93 bits per heavy atom. The molecule has 0 aromatic rings. The quantitative estimate of drug-likeness (QED) is 0.738. The number of carboxylic acids is 1. The molecule has 0 atom stereocenters. The molecule has 0 heterocycles. The lowest BCUT2D eigenvalue weighted by Gasteiger charge is -2.15. The van der Waals surface area contributed by atoms with Crippen LogP contribution in [0.3, 0.4) is 0 Å². The summed E-state index contributed by atoms with van der Waals surface area (Å²) < 4.78 is 0. The molecule has 2 nitrogen and oxygen atoms in total. The van der Waals surface area contributed by atoms with Gasteiger partial charge in [0.05, 0.1) is 0 Å². The number of rotatable bonds is 2. The molecular weight excluding hydrogens is 176 g/mol. The van der Waals surface area contributed by atoms with Crippen LogP contribution in [0.15, 0.2) is 0 Å². The fourth-order valence-electron chi connectivity index (χ4n) is 1.66. The highest BCUT2D eigenvalue weighted by Gasteiger charge is 2.05. The first-order valence-corrected chi connectivity index (χ1v) is 5.74. The highest BCUT2D eigenvalue weighted by molar-refractivity contribution is 5.66. The topological polar surface area (TPSA) is 37.3 Å². The Hall–Kier alpha value is -0.530. The zero-order valence-corrected chi connectivity index (χ0v) is 9.75. The second kappa shape index (κ2) is 7.84. The van der Waals surface area contributed by atoms with Crippen molar-refractivity contribution >= 4 is 5.97 Å². The zero-order valence-electron chi connectivity index (χ0n) is 9.75. The van der Waals surface area contributed by atoms with E-state index in [0.717, 1.165) is 5.92 Å². The van der Waals surface area contributed by atoms with Gasteiger partial charge in [-0.05, 0) is 11.8 Å². The Kier molecular flexibility index (Phi) is 7.54. The molecule has 2 heteroatoms. The highest BCUT2D eigenvalue weighted by atomic mass is 16.4. The van der Waals surface area contributed by atoms with Gasteiger partial charge in [0.25, 0.3) is 0 Å². The summed E-state index contributed by atoms with van der Waals surface area (Å²) in [6.07, 6.45) is 7.71. The molecule has 0 unspecified atom stereocenters. The summed E-state index contributed by atoms with van der Waals surface area (Å²) >= 11 is 0. The van der Waals surface area contributed by atoms with Gasteiger partial charge in [-0.15, -0.1) is 0 Å². The first-order valence-electron chi connectivity index (χ1n) is 5.74. The number of hydrogen-bond donors (Lipinski definition) is 1. The molecule has 0 amide bonds. The summed E-state index contributed by atoms with van der Waals surface area (Å²) in [4.78, 5) is 9.81. The molecule has 0 aromatic heterocycles. The van der Waals surface area contributed by atoms with Crippen molar-refractivity contribution in [3.8, 4) is 0 Å². The molecule has 84 valence electrons. The molecule has 1 N–H and O–H groups in total. The van der Waals surface area contributed by atoms with E-state index in [0.29, 0.717) is 0 Å². The van der Waals surface area contributed by atoms with Crippen molar-refractivity contribution in [1.29, 1.82) is 0 Å². The van der Waals surface area contributed by atoms with Gasteiger partial charge in [-0.2, -0.15) is 0 Å². The summed E-state index contributed by atoms with van der Waals surface area (Å²) in [5.41, 5.74) is 0. The molecule has 0 saturated heterocycles. The second-order valence-corrected chi connectivity index (χ2v) is 4.73. The largest absolute Gasteiger partial charge is 0.481 e. The van der Waals surface area contributed by atoms with Crippen LogP contribution in [0.4, 0.5) is 0 Å². The van der Waals surface area contributed by atoms with Gasteiger partial charge in [0.2, 0.25) is 0 Å². The summed E-state index contributed by atoms with van der Waals surface area (Å²) in [5.74, 6) is 0.598. The third-order valence-electron chi connectivity index (χ3n) is 2.48. The Morgan fingerprint density at radius 1 is 1.29 bits per heavy atom. The standard InChI is InChI=1S/C7H14.C5H10O2/c1-7-5-3-2-4-6-7;1-4(2)3-5(6)7/h7H,2-6H2,1H3;4H,3H2,1-2H3,(H,6,7). The maximum atomic E-state index is 9.81. The fraction of sp³-hybridized carbons (Fsp3) is 0.917. The van der Waals surface area contributed by atoms with Gasteiger partial charge in [0.1, 0.15) is 0 Å². The van der Waals surface area contributed by atoms with Crippen LogP contribution in [0.2, 0.25) is 0 Å². The Bertz CT molecular complexity index is 146.